The summed E-state index contributed by atoms with van der Waals surface area (Å²) in [6, 6.07) is 8.80. The molecule has 0 aliphatic rings. The van der Waals surface area contributed by atoms with Gasteiger partial charge < -0.3 is 15.6 Å². The second kappa shape index (κ2) is 5.18. The number of carboxylic acid groups (broad SMARTS) is 1. The van der Waals surface area contributed by atoms with Crippen LogP contribution in [0.3, 0.4) is 0 Å². The highest BCUT2D eigenvalue weighted by Gasteiger charge is 2.11. The van der Waals surface area contributed by atoms with Gasteiger partial charge in [-0.15, -0.1) is 0 Å². The van der Waals surface area contributed by atoms with Gasteiger partial charge in [0.1, 0.15) is 11.3 Å². The number of carbonyl (C=O) groups is 2. The molecule has 0 atom stereocenters. The Hall–Kier alpha value is -2.89. The molecule has 0 radical (unpaired) electrons. The average Bonchev–Trinajstić information content (AvgIpc) is 2.39. The molecule has 6 nitrogen and oxygen atoms in total. The Balaban J connectivity index is 2.26. The van der Waals surface area contributed by atoms with Crippen molar-refractivity contribution in [3.05, 3.63) is 53.7 Å². The predicted octanol–water partition coefficient (Wildman–Crippen LogP) is 1.67. The lowest BCUT2D eigenvalue weighted by atomic mass is 10.2. The molecule has 0 unspecified atom stereocenters. The van der Waals surface area contributed by atoms with Crippen LogP contribution in [0.1, 0.15) is 20.7 Å². The summed E-state index contributed by atoms with van der Waals surface area (Å²) in [5.74, 6) is -1.23. The number of primary amides is 1. The molecule has 0 aliphatic carbocycles. The molecule has 0 spiro atoms. The van der Waals surface area contributed by atoms with Gasteiger partial charge in [-0.2, -0.15) is 0 Å². The second-order valence-electron chi connectivity index (χ2n) is 3.65. The molecule has 0 saturated carbocycles. The van der Waals surface area contributed by atoms with Crippen LogP contribution in [-0.2, 0) is 0 Å². The summed E-state index contributed by atoms with van der Waals surface area (Å²) in [5.41, 5.74) is 5.49. The van der Waals surface area contributed by atoms with Crippen LogP contribution < -0.4 is 10.5 Å². The zero-order valence-corrected chi connectivity index (χ0v) is 9.74. The van der Waals surface area contributed by atoms with E-state index in [4.69, 9.17) is 15.6 Å². The third-order valence-corrected chi connectivity index (χ3v) is 2.35. The van der Waals surface area contributed by atoms with E-state index in [0.29, 0.717) is 5.75 Å². The molecule has 2 rings (SSSR count). The maximum Gasteiger partial charge on any atom is 0.335 e. The number of ether oxygens (including phenoxy) is 1. The maximum absolute atomic E-state index is 11.2. The van der Waals surface area contributed by atoms with Crippen molar-refractivity contribution in [1.82, 2.24) is 4.98 Å². The van der Waals surface area contributed by atoms with E-state index in [-0.39, 0.29) is 17.0 Å². The van der Waals surface area contributed by atoms with Crippen LogP contribution in [0.2, 0.25) is 0 Å². The molecule has 2 aromatic rings. The number of aromatic nitrogens is 1. The highest BCUT2D eigenvalue weighted by molar-refractivity contribution is 5.95. The lowest BCUT2D eigenvalue weighted by molar-refractivity contribution is 0.0696. The number of benzene rings is 1. The molecular weight excluding hydrogens is 248 g/mol. The van der Waals surface area contributed by atoms with E-state index < -0.39 is 11.9 Å². The van der Waals surface area contributed by atoms with Gasteiger partial charge in [-0.05, 0) is 36.4 Å². The molecule has 96 valence electrons. The average molecular weight is 258 g/mol. The number of nitrogens with zero attached hydrogens (tertiary/aromatic N) is 1. The van der Waals surface area contributed by atoms with E-state index in [0.717, 1.165) is 0 Å². The van der Waals surface area contributed by atoms with Crippen LogP contribution in [-0.4, -0.2) is 22.0 Å². The van der Waals surface area contributed by atoms with Gasteiger partial charge in [0.05, 0.1) is 5.56 Å². The highest BCUT2D eigenvalue weighted by atomic mass is 16.5. The van der Waals surface area contributed by atoms with Crippen molar-refractivity contribution in [3.63, 3.8) is 0 Å². The topological polar surface area (TPSA) is 103 Å². The fourth-order valence-corrected chi connectivity index (χ4v) is 1.44. The van der Waals surface area contributed by atoms with Crippen LogP contribution in [0, 0.1) is 0 Å². The standard InChI is InChI=1S/C13H10N2O4/c14-11(16)10-2-1-7-15-12(10)19-9-5-3-8(4-6-9)13(17)18/h1-7H,(H2,14,16)(H,17,18). The molecule has 0 saturated heterocycles. The SMILES string of the molecule is NC(=O)c1cccnc1Oc1ccc(C(=O)O)cc1. The van der Waals surface area contributed by atoms with Gasteiger partial charge in [0.2, 0.25) is 5.88 Å². The Kier molecular flexibility index (Phi) is 3.42. The number of carboxylic acids is 1. The lowest BCUT2D eigenvalue weighted by Crippen LogP contribution is -2.12. The van der Waals surface area contributed by atoms with Gasteiger partial charge >= 0.3 is 5.97 Å². The van der Waals surface area contributed by atoms with Crippen LogP contribution in [0.15, 0.2) is 42.6 Å². The largest absolute Gasteiger partial charge is 0.478 e. The monoisotopic (exact) mass is 258 g/mol. The van der Waals surface area contributed by atoms with Gasteiger partial charge in [0.15, 0.2) is 0 Å². The first-order valence-electron chi connectivity index (χ1n) is 5.34. The molecule has 1 aromatic heterocycles. The summed E-state index contributed by atoms with van der Waals surface area (Å²) in [7, 11) is 0. The molecule has 1 heterocycles. The van der Waals surface area contributed by atoms with Crippen molar-refractivity contribution in [1.29, 1.82) is 0 Å². The Morgan fingerprint density at radius 3 is 2.42 bits per heavy atom. The molecule has 6 heteroatoms. The van der Waals surface area contributed by atoms with Gasteiger partial charge in [0.25, 0.3) is 5.91 Å². The second-order valence-corrected chi connectivity index (χ2v) is 3.65. The summed E-state index contributed by atoms with van der Waals surface area (Å²) in [6.45, 7) is 0. The molecule has 1 aromatic carbocycles. The van der Waals surface area contributed by atoms with Crippen molar-refractivity contribution in [2.45, 2.75) is 0 Å². The summed E-state index contributed by atoms with van der Waals surface area (Å²) in [6.07, 6.45) is 1.47. The normalized spacial score (nSPS) is 9.89. The number of rotatable bonds is 4. The summed E-state index contributed by atoms with van der Waals surface area (Å²) >= 11 is 0. The van der Waals surface area contributed by atoms with E-state index in [9.17, 15) is 9.59 Å². The quantitative estimate of drug-likeness (QED) is 0.868. The molecule has 1 amide bonds. The van der Waals surface area contributed by atoms with Crippen molar-refractivity contribution in [2.24, 2.45) is 5.73 Å². The van der Waals surface area contributed by atoms with Crippen LogP contribution in [0.4, 0.5) is 0 Å². The number of hydrogen-bond acceptors (Lipinski definition) is 4. The minimum atomic E-state index is -1.03. The maximum atomic E-state index is 11.2. The number of amides is 1. The summed E-state index contributed by atoms with van der Waals surface area (Å²) in [4.78, 5) is 25.8. The summed E-state index contributed by atoms with van der Waals surface area (Å²) in [5, 5.41) is 8.77. The van der Waals surface area contributed by atoms with Gasteiger partial charge in [-0.25, -0.2) is 9.78 Å². The van der Waals surface area contributed by atoms with Crippen molar-refractivity contribution in [3.8, 4) is 11.6 Å². The Morgan fingerprint density at radius 1 is 1.16 bits per heavy atom. The van der Waals surface area contributed by atoms with E-state index in [2.05, 4.69) is 4.98 Å². The van der Waals surface area contributed by atoms with Gasteiger partial charge in [-0.3, -0.25) is 4.79 Å². The van der Waals surface area contributed by atoms with Crippen molar-refractivity contribution < 1.29 is 19.4 Å². The minimum absolute atomic E-state index is 0.0816. The predicted molar refractivity (Wildman–Crippen MR) is 66.2 cm³/mol. The van der Waals surface area contributed by atoms with Gasteiger partial charge in [-0.1, -0.05) is 0 Å². The first kappa shape index (κ1) is 12.6. The van der Waals surface area contributed by atoms with Crippen LogP contribution >= 0.6 is 0 Å². The fourth-order valence-electron chi connectivity index (χ4n) is 1.44. The molecule has 19 heavy (non-hydrogen) atoms. The Morgan fingerprint density at radius 2 is 1.84 bits per heavy atom. The first-order valence-corrected chi connectivity index (χ1v) is 5.34. The highest BCUT2D eigenvalue weighted by Crippen LogP contribution is 2.22. The molecule has 0 bridgehead atoms. The van der Waals surface area contributed by atoms with Crippen molar-refractivity contribution in [2.75, 3.05) is 0 Å². The van der Waals surface area contributed by atoms with E-state index in [1.807, 2.05) is 0 Å². The smallest absolute Gasteiger partial charge is 0.335 e. The number of carbonyl (C=O) groups excluding carboxylic acids is 1. The number of pyridine rings is 1. The zero-order valence-electron chi connectivity index (χ0n) is 9.74. The van der Waals surface area contributed by atoms with Crippen LogP contribution in [0.25, 0.3) is 0 Å². The molecule has 0 aliphatic heterocycles. The number of nitrogens with two attached hydrogens (primary N) is 1. The number of hydrogen-bond donors (Lipinski definition) is 2. The summed E-state index contributed by atoms with van der Waals surface area (Å²) < 4.78 is 5.40. The third kappa shape index (κ3) is 2.86. The van der Waals surface area contributed by atoms with Crippen LogP contribution in [0.5, 0.6) is 11.6 Å². The first-order chi connectivity index (χ1) is 9.08. The zero-order chi connectivity index (χ0) is 13.8. The van der Waals surface area contributed by atoms with Gasteiger partial charge in [0, 0.05) is 6.20 Å². The molecular formula is C13H10N2O4. The van der Waals surface area contributed by atoms with Crippen molar-refractivity contribution >= 4 is 11.9 Å². The van der Waals surface area contributed by atoms with E-state index in [1.165, 1.54) is 36.5 Å². The Bertz CT molecular complexity index is 623. The number of aromatic carboxylic acids is 1. The van der Waals surface area contributed by atoms with E-state index in [1.54, 1.807) is 6.07 Å². The Labute approximate surface area is 108 Å². The third-order valence-electron chi connectivity index (χ3n) is 2.35. The molecule has 0 fully saturated rings. The van der Waals surface area contributed by atoms with E-state index >= 15 is 0 Å². The minimum Gasteiger partial charge on any atom is -0.478 e. The fraction of sp³-hybridized carbons (Fsp3) is 0. The lowest BCUT2D eigenvalue weighted by Gasteiger charge is -2.07. The molecule has 3 N–H and O–H groups in total.